The molecule has 1 fully saturated rings. The predicted molar refractivity (Wildman–Crippen MR) is 67.5 cm³/mol. The maximum absolute atomic E-state index is 10.7. The molecular weight excluding hydrogens is 252 g/mol. The first-order chi connectivity index (χ1) is 8.70. The molecule has 0 aliphatic carbocycles. The van der Waals surface area contributed by atoms with Gasteiger partial charge in [0.25, 0.3) is 5.69 Å². The zero-order valence-corrected chi connectivity index (χ0v) is 10.5. The number of benzene rings is 1. The summed E-state index contributed by atoms with van der Waals surface area (Å²) < 4.78 is 5.50. The van der Waals surface area contributed by atoms with Crippen LogP contribution in [0.4, 0.5) is 5.69 Å². The van der Waals surface area contributed by atoms with Gasteiger partial charge in [0.05, 0.1) is 11.0 Å². The molecule has 18 heavy (non-hydrogen) atoms. The number of hydrogen-bond donors (Lipinski definition) is 0. The van der Waals surface area contributed by atoms with Gasteiger partial charge < -0.3 is 4.74 Å². The fourth-order valence-corrected chi connectivity index (χ4v) is 2.83. The molecule has 0 radical (unpaired) electrons. The van der Waals surface area contributed by atoms with Crippen LogP contribution >= 0.6 is 11.8 Å². The van der Waals surface area contributed by atoms with Gasteiger partial charge in [0.15, 0.2) is 0 Å². The number of nitriles is 1. The molecule has 1 atom stereocenters. The molecule has 1 saturated heterocycles. The quantitative estimate of drug-likeness (QED) is 0.475. The van der Waals surface area contributed by atoms with Crippen molar-refractivity contribution in [2.75, 3.05) is 12.4 Å². The lowest BCUT2D eigenvalue weighted by atomic mass is 10.2. The van der Waals surface area contributed by atoms with Gasteiger partial charge in [-0.1, -0.05) is 0 Å². The molecule has 94 valence electrons. The third-order valence-electron chi connectivity index (χ3n) is 2.75. The second kappa shape index (κ2) is 5.85. The van der Waals surface area contributed by atoms with Crippen LogP contribution in [0.25, 0.3) is 0 Å². The summed E-state index contributed by atoms with van der Waals surface area (Å²) in [5.41, 5.74) is -0.0312. The highest BCUT2D eigenvalue weighted by atomic mass is 32.2. The standard InChI is InChI=1S/C12H12N2O3S/c13-7-9-6-11(3-4-12(9)14(15)16)18-8-10-2-1-5-17-10/h3-4,6,10H,1-2,5,8H2. The molecule has 6 heteroatoms. The number of nitro benzene ring substituents is 1. The van der Waals surface area contributed by atoms with E-state index in [1.807, 2.05) is 6.07 Å². The van der Waals surface area contributed by atoms with E-state index in [-0.39, 0.29) is 17.4 Å². The monoisotopic (exact) mass is 264 g/mol. The van der Waals surface area contributed by atoms with E-state index in [2.05, 4.69) is 0 Å². The molecule has 5 nitrogen and oxygen atoms in total. The molecule has 1 aromatic rings. The van der Waals surface area contributed by atoms with Crippen molar-refractivity contribution in [1.82, 2.24) is 0 Å². The lowest BCUT2D eigenvalue weighted by Gasteiger charge is -2.08. The number of thioether (sulfide) groups is 1. The Bertz CT molecular complexity index is 493. The summed E-state index contributed by atoms with van der Waals surface area (Å²) in [5.74, 6) is 0.822. The zero-order valence-electron chi connectivity index (χ0n) is 9.67. The van der Waals surface area contributed by atoms with E-state index in [0.717, 1.165) is 30.1 Å². The van der Waals surface area contributed by atoms with Gasteiger partial charge in [-0.05, 0) is 25.0 Å². The fraction of sp³-hybridized carbons (Fsp3) is 0.417. The second-order valence-electron chi connectivity index (χ2n) is 3.99. The van der Waals surface area contributed by atoms with Crippen molar-refractivity contribution in [3.8, 4) is 6.07 Å². The van der Waals surface area contributed by atoms with Gasteiger partial charge >= 0.3 is 0 Å². The summed E-state index contributed by atoms with van der Waals surface area (Å²) in [6.07, 6.45) is 2.41. The molecule has 0 aromatic heterocycles. The highest BCUT2D eigenvalue weighted by Crippen LogP contribution is 2.28. The molecule has 1 aliphatic heterocycles. The Hall–Kier alpha value is -1.58. The van der Waals surface area contributed by atoms with Crippen molar-refractivity contribution in [3.63, 3.8) is 0 Å². The third kappa shape index (κ3) is 3.00. The molecule has 1 unspecified atom stereocenters. The van der Waals surface area contributed by atoms with Gasteiger partial charge in [-0.3, -0.25) is 10.1 Å². The lowest BCUT2D eigenvalue weighted by molar-refractivity contribution is -0.385. The maximum Gasteiger partial charge on any atom is 0.287 e. The summed E-state index contributed by atoms with van der Waals surface area (Å²) in [5, 5.41) is 19.6. The summed E-state index contributed by atoms with van der Waals surface area (Å²) in [4.78, 5) is 11.0. The Kier molecular flexibility index (Phi) is 4.18. The Balaban J connectivity index is 2.05. The van der Waals surface area contributed by atoms with E-state index in [9.17, 15) is 10.1 Å². The van der Waals surface area contributed by atoms with E-state index in [1.165, 1.54) is 6.07 Å². The molecular formula is C12H12N2O3S. The van der Waals surface area contributed by atoms with E-state index in [0.29, 0.717) is 0 Å². The molecule has 1 heterocycles. The number of nitro groups is 1. The summed E-state index contributed by atoms with van der Waals surface area (Å²) in [6, 6.07) is 6.49. The van der Waals surface area contributed by atoms with Gasteiger partial charge in [-0.2, -0.15) is 5.26 Å². The van der Waals surface area contributed by atoms with Crippen LogP contribution in [0.3, 0.4) is 0 Å². The van der Waals surface area contributed by atoms with Crippen molar-refractivity contribution >= 4 is 17.4 Å². The maximum atomic E-state index is 10.7. The smallest absolute Gasteiger partial charge is 0.287 e. The van der Waals surface area contributed by atoms with Crippen LogP contribution in [0.15, 0.2) is 23.1 Å². The van der Waals surface area contributed by atoms with Crippen molar-refractivity contribution in [2.24, 2.45) is 0 Å². The van der Waals surface area contributed by atoms with Crippen LogP contribution < -0.4 is 0 Å². The van der Waals surface area contributed by atoms with Crippen molar-refractivity contribution in [1.29, 1.82) is 5.26 Å². The summed E-state index contributed by atoms with van der Waals surface area (Å²) in [7, 11) is 0. The van der Waals surface area contributed by atoms with Crippen LogP contribution in [0.1, 0.15) is 18.4 Å². The number of ether oxygens (including phenoxy) is 1. The Morgan fingerprint density at radius 2 is 2.44 bits per heavy atom. The van der Waals surface area contributed by atoms with Crippen LogP contribution in [0.2, 0.25) is 0 Å². The lowest BCUT2D eigenvalue weighted by Crippen LogP contribution is -2.07. The second-order valence-corrected chi connectivity index (χ2v) is 5.09. The first-order valence-electron chi connectivity index (χ1n) is 5.63. The Morgan fingerprint density at radius 1 is 1.61 bits per heavy atom. The largest absolute Gasteiger partial charge is 0.377 e. The molecule has 0 N–H and O–H groups in total. The van der Waals surface area contributed by atoms with Crippen molar-refractivity contribution in [2.45, 2.75) is 23.8 Å². The van der Waals surface area contributed by atoms with Gasteiger partial charge in [-0.15, -0.1) is 11.8 Å². The average Bonchev–Trinajstić information content (AvgIpc) is 2.88. The topological polar surface area (TPSA) is 76.2 Å². The van der Waals surface area contributed by atoms with Gasteiger partial charge in [0, 0.05) is 23.3 Å². The Morgan fingerprint density at radius 3 is 3.06 bits per heavy atom. The van der Waals surface area contributed by atoms with E-state index >= 15 is 0 Å². The van der Waals surface area contributed by atoms with Gasteiger partial charge in [0.2, 0.25) is 0 Å². The average molecular weight is 264 g/mol. The predicted octanol–water partition coefficient (Wildman–Crippen LogP) is 2.74. The minimum Gasteiger partial charge on any atom is -0.377 e. The van der Waals surface area contributed by atoms with Gasteiger partial charge in [0.1, 0.15) is 11.6 Å². The first-order valence-corrected chi connectivity index (χ1v) is 6.62. The van der Waals surface area contributed by atoms with E-state index in [4.69, 9.17) is 10.00 Å². The van der Waals surface area contributed by atoms with Crippen LogP contribution in [0, 0.1) is 21.4 Å². The van der Waals surface area contributed by atoms with Crippen LogP contribution in [-0.4, -0.2) is 23.4 Å². The van der Waals surface area contributed by atoms with E-state index in [1.54, 1.807) is 23.9 Å². The molecule has 2 rings (SSSR count). The minimum atomic E-state index is -0.535. The molecule has 1 aliphatic rings. The zero-order chi connectivity index (χ0) is 13.0. The summed E-state index contributed by atoms with van der Waals surface area (Å²) >= 11 is 1.57. The van der Waals surface area contributed by atoms with Crippen molar-refractivity contribution in [3.05, 3.63) is 33.9 Å². The molecule has 0 bridgehead atoms. The highest BCUT2D eigenvalue weighted by Gasteiger charge is 2.17. The number of rotatable bonds is 4. The SMILES string of the molecule is N#Cc1cc(SCC2CCCO2)ccc1[N+](=O)[O-]. The minimum absolute atomic E-state index is 0.109. The Labute approximate surface area is 109 Å². The molecule has 1 aromatic carbocycles. The van der Waals surface area contributed by atoms with E-state index < -0.39 is 4.92 Å². The third-order valence-corrected chi connectivity index (χ3v) is 3.87. The highest BCUT2D eigenvalue weighted by molar-refractivity contribution is 7.99. The first kappa shape index (κ1) is 12.9. The normalized spacial score (nSPS) is 18.5. The molecule has 0 spiro atoms. The number of hydrogen-bond acceptors (Lipinski definition) is 5. The van der Waals surface area contributed by atoms with Crippen LogP contribution in [-0.2, 0) is 4.74 Å². The summed E-state index contributed by atoms with van der Waals surface area (Å²) in [6.45, 7) is 0.814. The van der Waals surface area contributed by atoms with Crippen LogP contribution in [0.5, 0.6) is 0 Å². The van der Waals surface area contributed by atoms with Gasteiger partial charge in [-0.25, -0.2) is 0 Å². The number of nitrogens with zero attached hydrogens (tertiary/aromatic N) is 2. The fourth-order valence-electron chi connectivity index (χ4n) is 1.82. The molecule has 0 amide bonds. The van der Waals surface area contributed by atoms with Crippen molar-refractivity contribution < 1.29 is 9.66 Å². The molecule has 0 saturated carbocycles.